The molecule has 0 spiro atoms. The predicted octanol–water partition coefficient (Wildman–Crippen LogP) is 4.85. The summed E-state index contributed by atoms with van der Waals surface area (Å²) in [7, 11) is 0. The number of thiazole rings is 1. The molecule has 1 aliphatic rings. The first-order valence-electron chi connectivity index (χ1n) is 10.4. The predicted molar refractivity (Wildman–Crippen MR) is 130 cm³/mol. The number of hydrogen-bond acceptors (Lipinski definition) is 7. The van der Waals surface area contributed by atoms with Crippen molar-refractivity contribution in [1.82, 2.24) is 4.68 Å². The second-order valence-electron chi connectivity index (χ2n) is 7.53. The Hall–Kier alpha value is -4.71. The lowest BCUT2D eigenvalue weighted by molar-refractivity contribution is -0.385. The Kier molecular flexibility index (Phi) is 6.09. The Bertz CT molecular complexity index is 1610. The lowest BCUT2D eigenvalue weighted by Crippen LogP contribution is -2.25. The highest BCUT2D eigenvalue weighted by Gasteiger charge is 2.18. The number of para-hydroxylation sites is 1. The molecule has 12 heteroatoms. The Balaban J connectivity index is 1.66. The van der Waals surface area contributed by atoms with Gasteiger partial charge in [0, 0.05) is 23.1 Å². The lowest BCUT2D eigenvalue weighted by atomic mass is 10.1. The van der Waals surface area contributed by atoms with Crippen LogP contribution in [0.5, 0.6) is 5.75 Å². The molecule has 2 heterocycles. The third kappa shape index (κ3) is 4.61. The number of halogens is 2. The van der Waals surface area contributed by atoms with E-state index >= 15 is 0 Å². The van der Waals surface area contributed by atoms with Crippen LogP contribution >= 0.6 is 11.3 Å². The molecule has 1 aromatic heterocycles. The van der Waals surface area contributed by atoms with Crippen LogP contribution in [0.1, 0.15) is 5.56 Å². The third-order valence-electron chi connectivity index (χ3n) is 5.17. The van der Waals surface area contributed by atoms with Crippen LogP contribution in [-0.4, -0.2) is 28.3 Å². The Labute approximate surface area is 205 Å². The van der Waals surface area contributed by atoms with E-state index in [9.17, 15) is 23.7 Å². The van der Waals surface area contributed by atoms with E-state index in [1.807, 2.05) is 0 Å². The zero-order valence-electron chi connectivity index (χ0n) is 18.2. The maximum absolute atomic E-state index is 14.3. The van der Waals surface area contributed by atoms with Crippen LogP contribution in [0.4, 0.5) is 25.8 Å². The van der Waals surface area contributed by atoms with Gasteiger partial charge in [-0.1, -0.05) is 12.1 Å². The molecule has 0 radical (unpaired) electrons. The molecule has 1 amide bonds. The molecule has 180 valence electrons. The average Bonchev–Trinajstić information content (AvgIpc) is 3.26. The maximum Gasteiger partial charge on any atom is 0.278 e. The molecule has 1 N–H and O–H groups in total. The average molecular weight is 507 g/mol. The zero-order valence-corrected chi connectivity index (χ0v) is 19.0. The summed E-state index contributed by atoms with van der Waals surface area (Å²) < 4.78 is 34.5. The molecule has 4 aromatic rings. The van der Waals surface area contributed by atoms with Gasteiger partial charge in [-0.05, 0) is 36.4 Å². The molecule has 0 unspecified atom stereocenters. The number of benzene rings is 3. The largest absolute Gasteiger partial charge is 0.482 e. The van der Waals surface area contributed by atoms with Gasteiger partial charge in [0.15, 0.2) is 12.4 Å². The van der Waals surface area contributed by atoms with Gasteiger partial charge < -0.3 is 10.1 Å². The van der Waals surface area contributed by atoms with Crippen LogP contribution in [0, 0.1) is 21.7 Å². The fourth-order valence-electron chi connectivity index (χ4n) is 3.49. The smallest absolute Gasteiger partial charge is 0.278 e. The molecule has 0 saturated heterocycles. The van der Waals surface area contributed by atoms with Crippen molar-refractivity contribution in [2.75, 3.05) is 11.9 Å². The number of ether oxygens (including phenoxy) is 1. The first-order valence-corrected chi connectivity index (χ1v) is 11.3. The van der Waals surface area contributed by atoms with Crippen molar-refractivity contribution < 1.29 is 23.2 Å². The summed E-state index contributed by atoms with van der Waals surface area (Å²) in [6.45, 7) is -0.0861. The summed E-state index contributed by atoms with van der Waals surface area (Å²) in [5.74, 6) is -1.39. The molecular formula is C24H15F2N5O4S. The second-order valence-corrected chi connectivity index (χ2v) is 8.37. The quantitative estimate of drug-likeness (QED) is 0.237. The molecule has 36 heavy (non-hydrogen) atoms. The van der Waals surface area contributed by atoms with E-state index in [-0.39, 0.29) is 34.3 Å². The Morgan fingerprint density at radius 1 is 1.14 bits per heavy atom. The normalized spacial score (nSPS) is 13.4. The van der Waals surface area contributed by atoms with E-state index in [0.717, 1.165) is 23.5 Å². The minimum Gasteiger partial charge on any atom is -0.482 e. The number of hydrogen-bond donors (Lipinski definition) is 1. The standard InChI is InChI=1S/C24H15F2N5O4S/c25-16-6-7-18(17(26)10-16)29-24-30(27-11-15-3-1-2-4-20(15)31(33)34)21(13-36-24)14-5-8-22-19(9-14)28-23(32)12-35-22/h1-11,13H,12H2,(H,28,32). The third-order valence-corrected chi connectivity index (χ3v) is 5.98. The summed E-state index contributed by atoms with van der Waals surface area (Å²) in [6, 6.07) is 14.2. The number of nitrogens with zero attached hydrogens (tertiary/aromatic N) is 4. The van der Waals surface area contributed by atoms with E-state index in [4.69, 9.17) is 4.74 Å². The number of nitrogens with one attached hydrogen (secondary N) is 1. The van der Waals surface area contributed by atoms with Gasteiger partial charge >= 0.3 is 0 Å². The van der Waals surface area contributed by atoms with Crippen molar-refractivity contribution in [3.8, 4) is 17.0 Å². The van der Waals surface area contributed by atoms with Gasteiger partial charge in [-0.2, -0.15) is 5.10 Å². The highest BCUT2D eigenvalue weighted by Crippen LogP contribution is 2.33. The summed E-state index contributed by atoms with van der Waals surface area (Å²) in [6.07, 6.45) is 1.30. The van der Waals surface area contributed by atoms with Crippen molar-refractivity contribution in [2.24, 2.45) is 10.1 Å². The molecule has 3 aromatic carbocycles. The van der Waals surface area contributed by atoms with Gasteiger partial charge in [0.25, 0.3) is 11.6 Å². The minimum absolute atomic E-state index is 0.0861. The number of anilines is 1. The van der Waals surface area contributed by atoms with Crippen molar-refractivity contribution in [2.45, 2.75) is 0 Å². The summed E-state index contributed by atoms with van der Waals surface area (Å²) in [5, 5.41) is 20.3. The van der Waals surface area contributed by atoms with Crippen LogP contribution in [0.25, 0.3) is 11.3 Å². The van der Waals surface area contributed by atoms with E-state index in [1.165, 1.54) is 29.1 Å². The minimum atomic E-state index is -0.854. The number of amides is 1. The number of carbonyl (C=O) groups excluding carboxylic acids is 1. The van der Waals surface area contributed by atoms with Gasteiger partial charge in [-0.15, -0.1) is 11.3 Å². The fourth-order valence-corrected chi connectivity index (χ4v) is 4.34. The van der Waals surface area contributed by atoms with E-state index in [2.05, 4.69) is 15.4 Å². The van der Waals surface area contributed by atoms with Crippen LogP contribution < -0.4 is 14.9 Å². The van der Waals surface area contributed by atoms with Crippen LogP contribution in [0.15, 0.2) is 76.1 Å². The van der Waals surface area contributed by atoms with Crippen molar-refractivity contribution in [1.29, 1.82) is 0 Å². The van der Waals surface area contributed by atoms with Crippen LogP contribution in [0.2, 0.25) is 0 Å². The van der Waals surface area contributed by atoms with E-state index in [1.54, 1.807) is 35.7 Å². The van der Waals surface area contributed by atoms with E-state index in [0.29, 0.717) is 22.7 Å². The highest BCUT2D eigenvalue weighted by molar-refractivity contribution is 7.07. The number of rotatable bonds is 5. The molecule has 9 nitrogen and oxygen atoms in total. The van der Waals surface area contributed by atoms with Crippen molar-refractivity contribution in [3.05, 3.63) is 98.2 Å². The first kappa shape index (κ1) is 23.1. The monoisotopic (exact) mass is 507 g/mol. The summed E-state index contributed by atoms with van der Waals surface area (Å²) in [5.41, 5.74) is 1.60. The molecule has 1 aliphatic heterocycles. The van der Waals surface area contributed by atoms with Crippen LogP contribution in [0.3, 0.4) is 0 Å². The number of fused-ring (bicyclic) bond motifs is 1. The molecule has 0 aliphatic carbocycles. The van der Waals surface area contributed by atoms with Crippen molar-refractivity contribution >= 4 is 40.5 Å². The summed E-state index contributed by atoms with van der Waals surface area (Å²) >= 11 is 1.13. The molecule has 0 saturated carbocycles. The Morgan fingerprint density at radius 3 is 2.78 bits per heavy atom. The molecular weight excluding hydrogens is 492 g/mol. The SMILES string of the molecule is O=C1COc2ccc(-c3csc(=Nc4ccc(F)cc4F)n3N=Cc3ccccc3[N+](=O)[O-])cc2N1. The summed E-state index contributed by atoms with van der Waals surface area (Å²) in [4.78, 5) is 27.2. The second kappa shape index (κ2) is 9.50. The van der Waals surface area contributed by atoms with Crippen LogP contribution in [-0.2, 0) is 4.79 Å². The van der Waals surface area contributed by atoms with Gasteiger partial charge in [0.05, 0.1) is 28.1 Å². The zero-order chi connectivity index (χ0) is 25.2. The Morgan fingerprint density at radius 2 is 1.97 bits per heavy atom. The fraction of sp³-hybridized carbons (Fsp3) is 0.0417. The first-order chi connectivity index (χ1) is 17.4. The van der Waals surface area contributed by atoms with Gasteiger partial charge in [-0.25, -0.2) is 18.4 Å². The lowest BCUT2D eigenvalue weighted by Gasteiger charge is -2.18. The molecule has 0 atom stereocenters. The molecule has 0 fully saturated rings. The highest BCUT2D eigenvalue weighted by atomic mass is 32.1. The maximum atomic E-state index is 14.3. The van der Waals surface area contributed by atoms with Crippen molar-refractivity contribution in [3.63, 3.8) is 0 Å². The van der Waals surface area contributed by atoms with Gasteiger partial charge in [0.1, 0.15) is 17.3 Å². The number of carbonyl (C=O) groups is 1. The molecule has 5 rings (SSSR count). The van der Waals surface area contributed by atoms with Gasteiger partial charge in [-0.3, -0.25) is 14.9 Å². The number of nitro benzene ring substituents is 1. The topological polar surface area (TPSA) is 111 Å². The number of aromatic nitrogens is 1. The molecule has 0 bridgehead atoms. The van der Waals surface area contributed by atoms with Gasteiger partial charge in [0.2, 0.25) is 4.80 Å². The number of nitro groups is 1. The van der Waals surface area contributed by atoms with E-state index < -0.39 is 16.6 Å².